The molecule has 0 unspecified atom stereocenters. The highest BCUT2D eigenvalue weighted by Gasteiger charge is 2.19. The molecule has 1 N–H and O–H groups in total. The summed E-state index contributed by atoms with van der Waals surface area (Å²) in [7, 11) is 0. The molecule has 1 aromatic heterocycles. The molecular formula is C16H21N3O2. The van der Waals surface area contributed by atoms with Crippen molar-refractivity contribution in [2.75, 3.05) is 6.79 Å². The van der Waals surface area contributed by atoms with Crippen LogP contribution in [-0.2, 0) is 6.54 Å². The van der Waals surface area contributed by atoms with Crippen molar-refractivity contribution in [2.24, 2.45) is 0 Å². The van der Waals surface area contributed by atoms with Crippen LogP contribution in [0.5, 0.6) is 11.5 Å². The van der Waals surface area contributed by atoms with E-state index >= 15 is 0 Å². The lowest BCUT2D eigenvalue weighted by atomic mass is 10.1. The summed E-state index contributed by atoms with van der Waals surface area (Å²) in [6.07, 6.45) is 3.96. The molecule has 5 heteroatoms. The van der Waals surface area contributed by atoms with Crippen LogP contribution in [0.1, 0.15) is 31.0 Å². The Hall–Kier alpha value is -2.01. The predicted octanol–water partition coefficient (Wildman–Crippen LogP) is 2.66. The van der Waals surface area contributed by atoms with E-state index in [1.165, 1.54) is 5.56 Å². The Balaban J connectivity index is 1.64. The number of ether oxygens (including phenoxy) is 2. The molecule has 0 radical (unpaired) electrons. The van der Waals surface area contributed by atoms with Crippen molar-refractivity contribution >= 4 is 0 Å². The summed E-state index contributed by atoms with van der Waals surface area (Å²) < 4.78 is 12.9. The second kappa shape index (κ2) is 5.77. The molecule has 2 heterocycles. The van der Waals surface area contributed by atoms with Gasteiger partial charge in [0.2, 0.25) is 6.79 Å². The minimum Gasteiger partial charge on any atom is -0.454 e. The second-order valence-electron chi connectivity index (χ2n) is 5.56. The SMILES string of the molecule is Cc1cnn([C@@H](C)[C@@H](C)NCc2cccc3c2OCO3)c1. The zero-order valence-electron chi connectivity index (χ0n) is 12.7. The molecule has 0 aliphatic carbocycles. The second-order valence-corrected chi connectivity index (χ2v) is 5.56. The highest BCUT2D eigenvalue weighted by Crippen LogP contribution is 2.35. The zero-order valence-corrected chi connectivity index (χ0v) is 12.7. The van der Waals surface area contributed by atoms with Crippen LogP contribution in [0.15, 0.2) is 30.6 Å². The van der Waals surface area contributed by atoms with Crippen LogP contribution >= 0.6 is 0 Å². The van der Waals surface area contributed by atoms with Crippen molar-refractivity contribution in [1.82, 2.24) is 15.1 Å². The zero-order chi connectivity index (χ0) is 14.8. The van der Waals surface area contributed by atoms with E-state index < -0.39 is 0 Å². The lowest BCUT2D eigenvalue weighted by Gasteiger charge is -2.22. The average molecular weight is 287 g/mol. The maximum atomic E-state index is 5.53. The maximum absolute atomic E-state index is 5.53. The third kappa shape index (κ3) is 2.88. The minimum absolute atomic E-state index is 0.285. The molecule has 3 rings (SSSR count). The summed E-state index contributed by atoms with van der Waals surface area (Å²) in [5, 5.41) is 7.92. The number of aromatic nitrogens is 2. The van der Waals surface area contributed by atoms with Crippen LogP contribution < -0.4 is 14.8 Å². The number of nitrogens with one attached hydrogen (secondary N) is 1. The largest absolute Gasteiger partial charge is 0.454 e. The summed E-state index contributed by atoms with van der Waals surface area (Å²) in [6, 6.07) is 6.57. The first-order chi connectivity index (χ1) is 10.1. The van der Waals surface area contributed by atoms with E-state index in [0.29, 0.717) is 12.8 Å². The number of benzene rings is 1. The molecule has 1 aliphatic rings. The van der Waals surface area contributed by atoms with Gasteiger partial charge in [0, 0.05) is 24.3 Å². The molecule has 1 aliphatic heterocycles. The minimum atomic E-state index is 0.285. The third-order valence-electron chi connectivity index (χ3n) is 3.96. The Bertz CT molecular complexity index is 624. The van der Waals surface area contributed by atoms with Gasteiger partial charge < -0.3 is 14.8 Å². The van der Waals surface area contributed by atoms with Crippen LogP contribution in [0.2, 0.25) is 0 Å². The first-order valence-corrected chi connectivity index (χ1v) is 7.27. The van der Waals surface area contributed by atoms with Crippen molar-refractivity contribution in [3.05, 3.63) is 41.7 Å². The number of aryl methyl sites for hydroxylation is 1. The highest BCUT2D eigenvalue weighted by atomic mass is 16.7. The molecular weight excluding hydrogens is 266 g/mol. The Morgan fingerprint density at radius 2 is 2.19 bits per heavy atom. The highest BCUT2D eigenvalue weighted by molar-refractivity contribution is 5.48. The summed E-state index contributed by atoms with van der Waals surface area (Å²) in [6.45, 7) is 7.45. The molecule has 1 aromatic carbocycles. The number of fused-ring (bicyclic) bond motifs is 1. The van der Waals surface area contributed by atoms with Crippen molar-refractivity contribution in [1.29, 1.82) is 0 Å². The topological polar surface area (TPSA) is 48.3 Å². The molecule has 5 nitrogen and oxygen atoms in total. The normalized spacial score (nSPS) is 16.0. The van der Waals surface area contributed by atoms with Crippen molar-refractivity contribution in [2.45, 2.75) is 39.4 Å². The summed E-state index contributed by atoms with van der Waals surface area (Å²) in [4.78, 5) is 0. The molecule has 2 aromatic rings. The molecule has 0 amide bonds. The molecule has 112 valence electrons. The van der Waals surface area contributed by atoms with Gasteiger partial charge in [-0.25, -0.2) is 0 Å². The van der Waals surface area contributed by atoms with Crippen LogP contribution in [0, 0.1) is 6.92 Å². The number of rotatable bonds is 5. The van der Waals surface area contributed by atoms with Gasteiger partial charge in [-0.05, 0) is 32.4 Å². The number of para-hydroxylation sites is 1. The number of hydrogen-bond acceptors (Lipinski definition) is 4. The Kier molecular flexibility index (Phi) is 3.84. The van der Waals surface area contributed by atoms with Crippen LogP contribution in [-0.4, -0.2) is 22.6 Å². The van der Waals surface area contributed by atoms with Gasteiger partial charge >= 0.3 is 0 Å². The van der Waals surface area contributed by atoms with Crippen molar-refractivity contribution in [3.63, 3.8) is 0 Å². The number of nitrogens with zero attached hydrogens (tertiary/aromatic N) is 2. The third-order valence-corrected chi connectivity index (χ3v) is 3.96. The smallest absolute Gasteiger partial charge is 0.231 e. The van der Waals surface area contributed by atoms with E-state index in [-0.39, 0.29) is 6.04 Å². The fourth-order valence-electron chi connectivity index (χ4n) is 2.46. The monoisotopic (exact) mass is 287 g/mol. The predicted molar refractivity (Wildman–Crippen MR) is 80.5 cm³/mol. The quantitative estimate of drug-likeness (QED) is 0.918. The average Bonchev–Trinajstić information content (AvgIpc) is 3.12. The van der Waals surface area contributed by atoms with Crippen molar-refractivity contribution < 1.29 is 9.47 Å². The van der Waals surface area contributed by atoms with E-state index in [2.05, 4.69) is 43.4 Å². The summed E-state index contributed by atoms with van der Waals surface area (Å²) in [5.41, 5.74) is 2.31. The van der Waals surface area contributed by atoms with Gasteiger partial charge in [0.1, 0.15) is 0 Å². The summed E-state index contributed by atoms with van der Waals surface area (Å²) in [5.74, 6) is 1.69. The van der Waals surface area contributed by atoms with Gasteiger partial charge in [-0.15, -0.1) is 0 Å². The molecule has 0 bridgehead atoms. The first kappa shape index (κ1) is 13.9. The molecule has 21 heavy (non-hydrogen) atoms. The lowest BCUT2D eigenvalue weighted by molar-refractivity contribution is 0.173. The molecule has 0 fully saturated rings. The van der Waals surface area contributed by atoms with Gasteiger partial charge in [0.25, 0.3) is 0 Å². The standard InChI is InChI=1S/C16H21N3O2/c1-11-7-18-19(9-11)13(3)12(2)17-8-14-5-4-6-15-16(14)21-10-20-15/h4-7,9,12-13,17H,8,10H2,1-3H3/t12-,13+/m1/s1. The van der Waals surface area contributed by atoms with E-state index in [0.717, 1.165) is 23.6 Å². The van der Waals surface area contributed by atoms with Crippen molar-refractivity contribution in [3.8, 4) is 11.5 Å². The summed E-state index contributed by atoms with van der Waals surface area (Å²) >= 11 is 0. The lowest BCUT2D eigenvalue weighted by Crippen LogP contribution is -2.33. The molecule has 0 saturated heterocycles. The number of hydrogen-bond donors (Lipinski definition) is 1. The Labute approximate surface area is 124 Å². The molecule has 0 spiro atoms. The van der Waals surface area contributed by atoms with E-state index in [9.17, 15) is 0 Å². The fourth-order valence-corrected chi connectivity index (χ4v) is 2.46. The van der Waals surface area contributed by atoms with Crippen LogP contribution in [0.3, 0.4) is 0 Å². The Morgan fingerprint density at radius 1 is 1.33 bits per heavy atom. The van der Waals surface area contributed by atoms with Gasteiger partial charge in [-0.2, -0.15) is 5.10 Å². The van der Waals surface area contributed by atoms with Gasteiger partial charge in [0.05, 0.1) is 12.2 Å². The van der Waals surface area contributed by atoms with E-state index in [1.54, 1.807) is 0 Å². The van der Waals surface area contributed by atoms with Crippen LogP contribution in [0.4, 0.5) is 0 Å². The Morgan fingerprint density at radius 3 is 2.95 bits per heavy atom. The maximum Gasteiger partial charge on any atom is 0.231 e. The molecule has 2 atom stereocenters. The van der Waals surface area contributed by atoms with Crippen LogP contribution in [0.25, 0.3) is 0 Å². The first-order valence-electron chi connectivity index (χ1n) is 7.27. The molecule has 0 saturated carbocycles. The van der Waals surface area contributed by atoms with Gasteiger partial charge in [-0.3, -0.25) is 4.68 Å². The van der Waals surface area contributed by atoms with Gasteiger partial charge in [0.15, 0.2) is 11.5 Å². The fraction of sp³-hybridized carbons (Fsp3) is 0.438. The van der Waals surface area contributed by atoms with E-state index in [4.69, 9.17) is 9.47 Å². The van der Waals surface area contributed by atoms with E-state index in [1.807, 2.05) is 23.0 Å². The van der Waals surface area contributed by atoms with Gasteiger partial charge in [-0.1, -0.05) is 12.1 Å².